The fraction of sp³-hybridized carbons (Fsp3) is 0.462. The van der Waals surface area contributed by atoms with Crippen LogP contribution in [0.15, 0.2) is 30.3 Å². The third kappa shape index (κ3) is 5.82. The van der Waals surface area contributed by atoms with Crippen LogP contribution in [0.5, 0.6) is 17.2 Å². The quantitative estimate of drug-likeness (QED) is 0.505. The zero-order valence-corrected chi connectivity index (χ0v) is 22.1. The molecule has 2 saturated heterocycles. The first kappa shape index (κ1) is 26.4. The zero-order chi connectivity index (χ0) is 25.8. The zero-order valence-electron chi connectivity index (χ0n) is 20.6. The number of methoxy groups -OCH3 is 3. The minimum absolute atomic E-state index is 0.0110. The van der Waals surface area contributed by atoms with Crippen LogP contribution in [0.2, 0.25) is 10.0 Å². The first-order valence-corrected chi connectivity index (χ1v) is 12.7. The van der Waals surface area contributed by atoms with E-state index < -0.39 is 0 Å². The van der Waals surface area contributed by atoms with Gasteiger partial charge in [0.15, 0.2) is 11.5 Å². The molecule has 2 N–H and O–H groups in total. The Balaban J connectivity index is 1.40. The van der Waals surface area contributed by atoms with E-state index >= 15 is 0 Å². The highest BCUT2D eigenvalue weighted by molar-refractivity contribution is 6.36. The van der Waals surface area contributed by atoms with Crippen LogP contribution < -0.4 is 24.8 Å². The standard InChI is InChI=1S/C26H31Cl2N3O5/c1-34-22-9-15(10-23(35-2)25(22)36-3)26(33)29-17-12-18-5-4-6-19(13-17)31(18)14-24(32)30-21-8-7-16(27)11-20(21)28/h7-11,17-19H,4-6,12-14H2,1-3H3,(H,29,33)(H,30,32). The molecule has 2 amide bonds. The summed E-state index contributed by atoms with van der Waals surface area (Å²) in [6.07, 6.45) is 4.65. The molecule has 2 fully saturated rings. The number of nitrogens with zero attached hydrogens (tertiary/aromatic N) is 1. The van der Waals surface area contributed by atoms with Gasteiger partial charge in [0.25, 0.3) is 5.91 Å². The van der Waals surface area contributed by atoms with E-state index in [2.05, 4.69) is 15.5 Å². The molecule has 0 aliphatic carbocycles. The van der Waals surface area contributed by atoms with Gasteiger partial charge in [-0.25, -0.2) is 0 Å². The lowest BCUT2D eigenvalue weighted by atomic mass is 9.81. The van der Waals surface area contributed by atoms with Gasteiger partial charge < -0.3 is 24.8 Å². The molecule has 36 heavy (non-hydrogen) atoms. The third-order valence-corrected chi connectivity index (χ3v) is 7.47. The molecule has 0 radical (unpaired) electrons. The van der Waals surface area contributed by atoms with E-state index in [1.807, 2.05) is 0 Å². The summed E-state index contributed by atoms with van der Waals surface area (Å²) >= 11 is 12.2. The molecule has 10 heteroatoms. The number of halogens is 2. The van der Waals surface area contributed by atoms with Crippen molar-refractivity contribution in [3.63, 3.8) is 0 Å². The molecule has 2 aliphatic heterocycles. The number of hydrogen-bond donors (Lipinski definition) is 2. The summed E-state index contributed by atoms with van der Waals surface area (Å²) in [7, 11) is 4.57. The lowest BCUT2D eigenvalue weighted by molar-refractivity contribution is -0.120. The first-order chi connectivity index (χ1) is 17.3. The van der Waals surface area contributed by atoms with Gasteiger partial charge in [0, 0.05) is 28.7 Å². The molecule has 0 aromatic heterocycles. The second-order valence-corrected chi connectivity index (χ2v) is 9.98. The predicted molar refractivity (Wildman–Crippen MR) is 140 cm³/mol. The van der Waals surface area contributed by atoms with E-state index in [-0.39, 0.29) is 36.5 Å². The fourth-order valence-corrected chi connectivity index (χ4v) is 5.74. The maximum absolute atomic E-state index is 13.1. The van der Waals surface area contributed by atoms with Crippen LogP contribution in [0.25, 0.3) is 0 Å². The molecule has 2 aromatic rings. The van der Waals surface area contributed by atoms with Crippen molar-refractivity contribution in [3.05, 3.63) is 45.9 Å². The average molecular weight is 536 g/mol. The Morgan fingerprint density at radius 3 is 2.17 bits per heavy atom. The first-order valence-electron chi connectivity index (χ1n) is 11.9. The van der Waals surface area contributed by atoms with Crippen LogP contribution in [0.1, 0.15) is 42.5 Å². The summed E-state index contributed by atoms with van der Waals surface area (Å²) in [5.41, 5.74) is 0.986. The van der Waals surface area contributed by atoms with Gasteiger partial charge in [0.1, 0.15) is 0 Å². The van der Waals surface area contributed by atoms with Crippen LogP contribution in [0, 0.1) is 0 Å². The van der Waals surface area contributed by atoms with Gasteiger partial charge in [-0.05, 0) is 56.0 Å². The average Bonchev–Trinajstić information content (AvgIpc) is 2.85. The van der Waals surface area contributed by atoms with Gasteiger partial charge in [-0.2, -0.15) is 0 Å². The van der Waals surface area contributed by atoms with Crippen molar-refractivity contribution < 1.29 is 23.8 Å². The number of carbonyl (C=O) groups is 2. The molecule has 2 aliphatic rings. The van der Waals surface area contributed by atoms with E-state index in [1.54, 1.807) is 30.3 Å². The molecular weight excluding hydrogens is 505 g/mol. The lowest BCUT2D eigenvalue weighted by Gasteiger charge is -2.48. The Hall–Kier alpha value is -2.68. The smallest absolute Gasteiger partial charge is 0.251 e. The molecule has 2 heterocycles. The van der Waals surface area contributed by atoms with Crippen LogP contribution in [0.4, 0.5) is 5.69 Å². The number of hydrogen-bond acceptors (Lipinski definition) is 6. The van der Waals surface area contributed by atoms with E-state index in [4.69, 9.17) is 37.4 Å². The molecule has 2 aromatic carbocycles. The highest BCUT2D eigenvalue weighted by atomic mass is 35.5. The van der Waals surface area contributed by atoms with Crippen molar-refractivity contribution in [2.75, 3.05) is 33.2 Å². The number of benzene rings is 2. The van der Waals surface area contributed by atoms with Crippen molar-refractivity contribution in [2.45, 2.75) is 50.2 Å². The highest BCUT2D eigenvalue weighted by Gasteiger charge is 2.39. The number of carbonyl (C=O) groups excluding carboxylic acids is 2. The number of fused-ring (bicyclic) bond motifs is 2. The summed E-state index contributed by atoms with van der Waals surface area (Å²) in [6.45, 7) is 0.280. The minimum Gasteiger partial charge on any atom is -0.493 e. The Bertz CT molecular complexity index is 1090. The number of nitrogens with one attached hydrogen (secondary N) is 2. The number of anilines is 1. The number of piperidine rings is 2. The van der Waals surface area contributed by atoms with Crippen LogP contribution in [-0.4, -0.2) is 62.7 Å². The van der Waals surface area contributed by atoms with Crippen LogP contribution >= 0.6 is 23.2 Å². The van der Waals surface area contributed by atoms with E-state index in [0.29, 0.717) is 38.5 Å². The Morgan fingerprint density at radius 1 is 0.972 bits per heavy atom. The molecule has 4 rings (SSSR count). The van der Waals surface area contributed by atoms with Crippen molar-refractivity contribution >= 4 is 40.7 Å². The number of rotatable bonds is 8. The van der Waals surface area contributed by atoms with Gasteiger partial charge in [0.2, 0.25) is 11.7 Å². The van der Waals surface area contributed by atoms with Crippen molar-refractivity contribution in [1.29, 1.82) is 0 Å². The summed E-state index contributed by atoms with van der Waals surface area (Å²) in [5, 5.41) is 7.00. The summed E-state index contributed by atoms with van der Waals surface area (Å²) in [6, 6.07) is 8.75. The monoisotopic (exact) mass is 535 g/mol. The van der Waals surface area contributed by atoms with E-state index in [1.165, 1.54) is 21.3 Å². The van der Waals surface area contributed by atoms with E-state index in [9.17, 15) is 9.59 Å². The number of amides is 2. The fourth-order valence-electron chi connectivity index (χ4n) is 5.28. The maximum atomic E-state index is 13.1. The van der Waals surface area contributed by atoms with Crippen LogP contribution in [-0.2, 0) is 4.79 Å². The minimum atomic E-state index is -0.194. The lowest BCUT2D eigenvalue weighted by Crippen LogP contribution is -2.58. The van der Waals surface area contributed by atoms with Crippen molar-refractivity contribution in [1.82, 2.24) is 10.2 Å². The Labute approximate surface area is 221 Å². The number of ether oxygens (including phenoxy) is 3. The van der Waals surface area contributed by atoms with E-state index in [0.717, 1.165) is 32.1 Å². The Morgan fingerprint density at radius 2 is 1.61 bits per heavy atom. The molecule has 2 unspecified atom stereocenters. The third-order valence-electron chi connectivity index (χ3n) is 6.92. The molecule has 8 nitrogen and oxygen atoms in total. The molecule has 194 valence electrons. The molecule has 2 bridgehead atoms. The predicted octanol–water partition coefficient (Wildman–Crippen LogP) is 4.77. The van der Waals surface area contributed by atoms with Gasteiger partial charge in [0.05, 0.1) is 38.6 Å². The van der Waals surface area contributed by atoms with Crippen molar-refractivity contribution in [3.8, 4) is 17.2 Å². The molecule has 0 spiro atoms. The Kier molecular flexibility index (Phi) is 8.49. The van der Waals surface area contributed by atoms with Gasteiger partial charge in [-0.15, -0.1) is 0 Å². The molecule has 2 atom stereocenters. The van der Waals surface area contributed by atoms with Gasteiger partial charge in [-0.3, -0.25) is 14.5 Å². The summed E-state index contributed by atoms with van der Waals surface area (Å²) in [4.78, 5) is 28.2. The largest absolute Gasteiger partial charge is 0.493 e. The van der Waals surface area contributed by atoms with Crippen molar-refractivity contribution in [2.24, 2.45) is 0 Å². The maximum Gasteiger partial charge on any atom is 0.251 e. The van der Waals surface area contributed by atoms with Gasteiger partial charge >= 0.3 is 0 Å². The van der Waals surface area contributed by atoms with Gasteiger partial charge in [-0.1, -0.05) is 29.6 Å². The SMILES string of the molecule is COc1cc(C(=O)NC2CC3CCCC(C2)N3CC(=O)Nc2ccc(Cl)cc2Cl)cc(OC)c1OC. The second-order valence-electron chi connectivity index (χ2n) is 9.14. The topological polar surface area (TPSA) is 89.1 Å². The summed E-state index contributed by atoms with van der Waals surface area (Å²) < 4.78 is 16.1. The summed E-state index contributed by atoms with van der Waals surface area (Å²) in [5.74, 6) is 0.996. The highest BCUT2D eigenvalue weighted by Crippen LogP contribution is 2.39. The van der Waals surface area contributed by atoms with Crippen LogP contribution in [0.3, 0.4) is 0 Å². The molecular formula is C26H31Cl2N3O5. The molecule has 0 saturated carbocycles. The second kappa shape index (κ2) is 11.6. The normalized spacial score (nSPS) is 21.4.